The van der Waals surface area contributed by atoms with E-state index in [1.807, 2.05) is 30.3 Å². The van der Waals surface area contributed by atoms with Crippen molar-refractivity contribution < 1.29 is 19.6 Å². The van der Waals surface area contributed by atoms with Crippen LogP contribution < -0.4 is 4.74 Å². The number of nitrogens with zero attached hydrogens (tertiary/aromatic N) is 5. The number of aromatic nitrogens is 3. The van der Waals surface area contributed by atoms with Crippen molar-refractivity contribution in [1.82, 2.24) is 14.5 Å². The molecule has 0 bridgehead atoms. The third-order valence-corrected chi connectivity index (χ3v) is 7.37. The number of hydrogen-bond donors (Lipinski definition) is 1. The first-order valence-electron chi connectivity index (χ1n) is 9.45. The van der Waals surface area contributed by atoms with Crippen LogP contribution in [0.15, 0.2) is 41.5 Å². The minimum atomic E-state index is -0.924. The summed E-state index contributed by atoms with van der Waals surface area (Å²) in [4.78, 5) is 34.6. The van der Waals surface area contributed by atoms with Gasteiger partial charge in [-0.05, 0) is 34.6 Å². The van der Waals surface area contributed by atoms with Gasteiger partial charge in [0.1, 0.15) is 22.0 Å². The molecule has 10 nitrogen and oxygen atoms in total. The summed E-state index contributed by atoms with van der Waals surface area (Å²) in [5, 5.41) is 23.5. The molecule has 4 aromatic rings. The van der Waals surface area contributed by atoms with Gasteiger partial charge in [-0.15, -0.1) is 23.1 Å². The molecule has 0 unspecified atom stereocenters. The van der Waals surface area contributed by atoms with E-state index < -0.39 is 16.9 Å². The second-order valence-electron chi connectivity index (χ2n) is 7.05. The number of aliphatic imine (C=N–C) groups is 1. The lowest BCUT2D eigenvalue weighted by Gasteiger charge is -2.06. The van der Waals surface area contributed by atoms with Crippen molar-refractivity contribution in [3.05, 3.63) is 57.5 Å². The van der Waals surface area contributed by atoms with Gasteiger partial charge in [-0.2, -0.15) is 0 Å². The second kappa shape index (κ2) is 7.88. The van der Waals surface area contributed by atoms with E-state index in [-0.39, 0.29) is 12.4 Å². The lowest BCUT2D eigenvalue weighted by molar-refractivity contribution is -0.391. The number of aliphatic carboxylic acids is 1. The van der Waals surface area contributed by atoms with E-state index in [0.29, 0.717) is 22.4 Å². The molecule has 0 saturated carbocycles. The molecule has 32 heavy (non-hydrogen) atoms. The molecule has 0 aliphatic carbocycles. The van der Waals surface area contributed by atoms with Crippen LogP contribution in [0.2, 0.25) is 0 Å². The Morgan fingerprint density at radius 2 is 2.22 bits per heavy atom. The standard InChI is InChI=1S/C20H15N5O5S2/c1-24-15(21-7-16(24)25(28)29)8-30-11-3-4-12-10(6-11)2-5-13-17(12)32-19(22-13)18-23-14(9-31-18)20(26)27/h2-7,14H,8-9H2,1H3,(H,26,27)/t14-/m1/s1. The van der Waals surface area contributed by atoms with Gasteiger partial charge < -0.3 is 20.0 Å². The van der Waals surface area contributed by atoms with Crippen LogP contribution in [0.1, 0.15) is 10.8 Å². The topological polar surface area (TPSA) is 133 Å². The number of thiazole rings is 1. The van der Waals surface area contributed by atoms with Crippen LogP contribution in [-0.2, 0) is 18.4 Å². The van der Waals surface area contributed by atoms with Crippen LogP contribution in [0.5, 0.6) is 5.75 Å². The van der Waals surface area contributed by atoms with Gasteiger partial charge in [0.15, 0.2) is 12.6 Å². The zero-order valence-corrected chi connectivity index (χ0v) is 18.2. The maximum atomic E-state index is 11.2. The van der Waals surface area contributed by atoms with E-state index in [1.54, 1.807) is 7.05 Å². The average molecular weight is 470 g/mol. The number of thioether (sulfide) groups is 1. The van der Waals surface area contributed by atoms with E-state index in [4.69, 9.17) is 9.84 Å². The lowest BCUT2D eigenvalue weighted by Crippen LogP contribution is -2.17. The Bertz CT molecular complexity index is 1430. The van der Waals surface area contributed by atoms with Crippen LogP contribution in [0, 0.1) is 10.1 Å². The predicted octanol–water partition coefficient (Wildman–Crippen LogP) is 3.62. The van der Waals surface area contributed by atoms with Crippen molar-refractivity contribution in [2.45, 2.75) is 12.6 Å². The molecule has 162 valence electrons. The molecule has 2 aromatic heterocycles. The molecule has 1 aliphatic rings. The third kappa shape index (κ3) is 3.56. The first kappa shape index (κ1) is 20.4. The smallest absolute Gasteiger partial charge is 0.342 e. The monoisotopic (exact) mass is 469 g/mol. The average Bonchev–Trinajstić information content (AvgIpc) is 3.49. The Labute approximate surface area is 188 Å². The maximum absolute atomic E-state index is 11.2. The largest absolute Gasteiger partial charge is 0.483 e. The Kier molecular flexibility index (Phi) is 5.02. The van der Waals surface area contributed by atoms with Gasteiger partial charge in [0.2, 0.25) is 5.82 Å². The van der Waals surface area contributed by atoms with Gasteiger partial charge >= 0.3 is 11.8 Å². The summed E-state index contributed by atoms with van der Waals surface area (Å²) in [7, 11) is 1.58. The fourth-order valence-corrected chi connectivity index (χ4v) is 5.58. The number of benzene rings is 2. The first-order chi connectivity index (χ1) is 15.4. The van der Waals surface area contributed by atoms with Gasteiger partial charge in [0.05, 0.1) is 17.3 Å². The summed E-state index contributed by atoms with van der Waals surface area (Å²) < 4.78 is 8.19. The molecule has 0 fully saturated rings. The molecule has 3 heterocycles. The maximum Gasteiger partial charge on any atom is 0.342 e. The van der Waals surface area contributed by atoms with Crippen molar-refractivity contribution in [2.24, 2.45) is 12.0 Å². The zero-order valence-electron chi connectivity index (χ0n) is 16.6. The molecule has 0 spiro atoms. The summed E-state index contributed by atoms with van der Waals surface area (Å²) in [5.41, 5.74) is 0.827. The minimum Gasteiger partial charge on any atom is -0.483 e. The fourth-order valence-electron chi connectivity index (χ4n) is 3.38. The Morgan fingerprint density at radius 1 is 1.38 bits per heavy atom. The van der Waals surface area contributed by atoms with Crippen LogP contribution in [0.4, 0.5) is 5.82 Å². The summed E-state index contributed by atoms with van der Waals surface area (Å²) in [6.45, 7) is 0.102. The Hall–Kier alpha value is -3.51. The number of fused-ring (bicyclic) bond motifs is 3. The molecule has 0 amide bonds. The van der Waals surface area contributed by atoms with Gasteiger partial charge in [0, 0.05) is 11.1 Å². The molecule has 2 aromatic carbocycles. The SMILES string of the molecule is Cn1c([N+](=O)[O-])cnc1COc1ccc2c(ccc3nc(C4=N[C@@H](C(=O)O)CS4)sc32)c1. The van der Waals surface area contributed by atoms with Crippen LogP contribution >= 0.6 is 23.1 Å². The van der Waals surface area contributed by atoms with Crippen LogP contribution in [0.25, 0.3) is 21.0 Å². The molecule has 12 heteroatoms. The molecule has 1 aliphatic heterocycles. The van der Waals surface area contributed by atoms with Gasteiger partial charge in [-0.1, -0.05) is 6.07 Å². The number of rotatable bonds is 6. The van der Waals surface area contributed by atoms with Crippen molar-refractivity contribution in [3.8, 4) is 5.75 Å². The highest BCUT2D eigenvalue weighted by molar-refractivity contribution is 8.15. The van der Waals surface area contributed by atoms with E-state index in [2.05, 4.69) is 15.0 Å². The van der Waals surface area contributed by atoms with Crippen molar-refractivity contribution >= 4 is 60.9 Å². The summed E-state index contributed by atoms with van der Waals surface area (Å²) in [6, 6.07) is 8.81. The molecule has 1 N–H and O–H groups in total. The number of carbonyl (C=O) groups is 1. The highest BCUT2D eigenvalue weighted by Crippen LogP contribution is 2.35. The Balaban J connectivity index is 1.41. The van der Waals surface area contributed by atoms with E-state index >= 15 is 0 Å². The van der Waals surface area contributed by atoms with Gasteiger partial charge in [-0.25, -0.2) is 19.3 Å². The van der Waals surface area contributed by atoms with Gasteiger partial charge in [0.25, 0.3) is 0 Å². The highest BCUT2D eigenvalue weighted by atomic mass is 32.2. The normalized spacial score (nSPS) is 15.9. The van der Waals surface area contributed by atoms with Crippen LogP contribution in [0.3, 0.4) is 0 Å². The zero-order chi connectivity index (χ0) is 22.4. The lowest BCUT2D eigenvalue weighted by atomic mass is 10.1. The number of nitro groups is 1. The van der Waals surface area contributed by atoms with Crippen LogP contribution in [-0.4, -0.2) is 47.4 Å². The predicted molar refractivity (Wildman–Crippen MR) is 122 cm³/mol. The highest BCUT2D eigenvalue weighted by Gasteiger charge is 2.27. The quantitative estimate of drug-likeness (QED) is 0.334. The number of imidazole rings is 1. The second-order valence-corrected chi connectivity index (χ2v) is 9.06. The number of carboxylic acid groups (broad SMARTS) is 1. The molecule has 1 atom stereocenters. The number of ether oxygens (including phenoxy) is 1. The summed E-state index contributed by atoms with van der Waals surface area (Å²) in [6.07, 6.45) is 1.21. The molecule has 0 saturated heterocycles. The van der Waals surface area contributed by atoms with Crippen molar-refractivity contribution in [3.63, 3.8) is 0 Å². The first-order valence-corrected chi connectivity index (χ1v) is 11.3. The molecule has 5 rings (SSSR count). The summed E-state index contributed by atoms with van der Waals surface area (Å²) in [5.74, 6) is 0.472. The number of hydrogen-bond acceptors (Lipinski definition) is 9. The third-order valence-electron chi connectivity index (χ3n) is 5.08. The van der Waals surface area contributed by atoms with E-state index in [1.165, 1.54) is 33.9 Å². The van der Waals surface area contributed by atoms with Crippen molar-refractivity contribution in [2.75, 3.05) is 5.75 Å². The van der Waals surface area contributed by atoms with E-state index in [0.717, 1.165) is 26.0 Å². The fraction of sp³-hybridized carbons (Fsp3) is 0.200. The Morgan fingerprint density at radius 3 is 2.94 bits per heavy atom. The molecule has 0 radical (unpaired) electrons. The van der Waals surface area contributed by atoms with Crippen molar-refractivity contribution in [1.29, 1.82) is 0 Å². The van der Waals surface area contributed by atoms with Gasteiger partial charge in [-0.3, -0.25) is 4.99 Å². The molecular formula is C20H15N5O5S2. The molecular weight excluding hydrogens is 454 g/mol. The van der Waals surface area contributed by atoms with E-state index in [9.17, 15) is 14.9 Å². The summed E-state index contributed by atoms with van der Waals surface area (Å²) >= 11 is 2.90. The number of carboxylic acids is 1. The minimum absolute atomic E-state index is 0.0924.